The third-order valence-electron chi connectivity index (χ3n) is 4.28. The molecule has 29 heavy (non-hydrogen) atoms. The zero-order chi connectivity index (χ0) is 21.0. The fraction of sp³-hybridized carbons (Fsp3) is 0.136. The van der Waals surface area contributed by atoms with Crippen LogP contribution in [0.5, 0.6) is 5.75 Å². The number of halogens is 1. The van der Waals surface area contributed by atoms with Crippen molar-refractivity contribution in [1.82, 2.24) is 5.32 Å². The van der Waals surface area contributed by atoms with Crippen LogP contribution >= 0.6 is 11.6 Å². The standard InChI is InChI=1S/C22H17ClN2O4/c1-3-11-29-19-10-7-15(13-18(19)23)12-17-20(26)24-22(28)25(21(17)27)16-8-5-14(4-2)6-9-16/h1,5-10,12-13H,4,11H2,2H3,(H,24,26,28)/b17-12+. The first-order valence-corrected chi connectivity index (χ1v) is 9.18. The van der Waals surface area contributed by atoms with E-state index >= 15 is 0 Å². The monoisotopic (exact) mass is 408 g/mol. The van der Waals surface area contributed by atoms with Gasteiger partial charge in [-0.25, -0.2) is 9.69 Å². The van der Waals surface area contributed by atoms with Crippen LogP contribution in [-0.4, -0.2) is 24.5 Å². The van der Waals surface area contributed by atoms with Crippen LogP contribution in [0.3, 0.4) is 0 Å². The van der Waals surface area contributed by atoms with Crippen LogP contribution in [-0.2, 0) is 16.0 Å². The fourth-order valence-electron chi connectivity index (χ4n) is 2.78. The van der Waals surface area contributed by atoms with Gasteiger partial charge in [-0.3, -0.25) is 14.9 Å². The first kappa shape index (κ1) is 20.2. The van der Waals surface area contributed by atoms with Crippen molar-refractivity contribution in [2.24, 2.45) is 0 Å². The van der Waals surface area contributed by atoms with Crippen molar-refractivity contribution < 1.29 is 19.1 Å². The molecular weight excluding hydrogens is 392 g/mol. The van der Waals surface area contributed by atoms with Gasteiger partial charge in [0.15, 0.2) is 0 Å². The number of hydrogen-bond acceptors (Lipinski definition) is 4. The highest BCUT2D eigenvalue weighted by molar-refractivity contribution is 6.39. The molecule has 3 rings (SSSR count). The maximum atomic E-state index is 12.9. The molecule has 2 aromatic rings. The molecule has 0 aliphatic carbocycles. The van der Waals surface area contributed by atoms with Crippen LogP contribution in [0.2, 0.25) is 5.02 Å². The number of imide groups is 2. The average Bonchev–Trinajstić information content (AvgIpc) is 2.71. The van der Waals surface area contributed by atoms with Crippen molar-refractivity contribution in [3.05, 3.63) is 64.2 Å². The Morgan fingerprint density at radius 1 is 1.17 bits per heavy atom. The van der Waals surface area contributed by atoms with Gasteiger partial charge in [0.25, 0.3) is 11.8 Å². The van der Waals surface area contributed by atoms with E-state index in [1.807, 2.05) is 19.1 Å². The third kappa shape index (κ3) is 4.31. The number of nitrogens with zero attached hydrogens (tertiary/aromatic N) is 1. The van der Waals surface area contributed by atoms with Crippen molar-refractivity contribution in [1.29, 1.82) is 0 Å². The number of hydrogen-bond donors (Lipinski definition) is 1. The lowest BCUT2D eigenvalue weighted by molar-refractivity contribution is -0.122. The molecule has 146 valence electrons. The maximum Gasteiger partial charge on any atom is 0.335 e. The van der Waals surface area contributed by atoms with Crippen molar-refractivity contribution in [2.45, 2.75) is 13.3 Å². The van der Waals surface area contributed by atoms with Gasteiger partial charge in [-0.2, -0.15) is 0 Å². The Morgan fingerprint density at radius 2 is 1.90 bits per heavy atom. The summed E-state index contributed by atoms with van der Waals surface area (Å²) in [6, 6.07) is 10.9. The summed E-state index contributed by atoms with van der Waals surface area (Å²) < 4.78 is 5.29. The SMILES string of the molecule is C#CCOc1ccc(/C=C2\C(=O)NC(=O)N(c3ccc(CC)cc3)C2=O)cc1Cl. The molecule has 1 N–H and O–H groups in total. The van der Waals surface area contributed by atoms with E-state index in [4.69, 9.17) is 22.8 Å². The lowest BCUT2D eigenvalue weighted by Crippen LogP contribution is -2.54. The van der Waals surface area contributed by atoms with Gasteiger partial charge < -0.3 is 4.74 Å². The zero-order valence-corrected chi connectivity index (χ0v) is 16.3. The highest BCUT2D eigenvalue weighted by Crippen LogP contribution is 2.28. The summed E-state index contributed by atoms with van der Waals surface area (Å²) >= 11 is 6.16. The molecule has 0 aromatic heterocycles. The van der Waals surface area contributed by atoms with Gasteiger partial charge in [-0.15, -0.1) is 6.42 Å². The quantitative estimate of drug-likeness (QED) is 0.466. The Bertz CT molecular complexity index is 1050. The van der Waals surface area contributed by atoms with Crippen molar-refractivity contribution >= 4 is 41.2 Å². The fourth-order valence-corrected chi connectivity index (χ4v) is 3.03. The summed E-state index contributed by atoms with van der Waals surface area (Å²) in [6.45, 7) is 2.07. The largest absolute Gasteiger partial charge is 0.479 e. The molecule has 7 heteroatoms. The van der Waals surface area contributed by atoms with Gasteiger partial charge in [-0.1, -0.05) is 42.6 Å². The molecule has 0 bridgehead atoms. The van der Waals surface area contributed by atoms with Crippen molar-refractivity contribution in [3.63, 3.8) is 0 Å². The molecule has 2 aromatic carbocycles. The number of nitrogens with one attached hydrogen (secondary N) is 1. The smallest absolute Gasteiger partial charge is 0.335 e. The van der Waals surface area contributed by atoms with Crippen molar-refractivity contribution in [2.75, 3.05) is 11.5 Å². The van der Waals surface area contributed by atoms with Crippen LogP contribution in [0.1, 0.15) is 18.1 Å². The minimum atomic E-state index is -0.794. The number of ether oxygens (including phenoxy) is 1. The number of urea groups is 1. The van der Waals surface area contributed by atoms with E-state index in [0.29, 0.717) is 17.0 Å². The number of barbiturate groups is 1. The number of amides is 4. The Morgan fingerprint density at radius 3 is 2.52 bits per heavy atom. The van der Waals surface area contributed by atoms with Crippen molar-refractivity contribution in [3.8, 4) is 18.1 Å². The molecule has 1 saturated heterocycles. The van der Waals surface area contributed by atoms with E-state index in [1.165, 1.54) is 12.1 Å². The molecule has 1 fully saturated rings. The second-order valence-electron chi connectivity index (χ2n) is 6.16. The molecule has 6 nitrogen and oxygen atoms in total. The number of carbonyl (C=O) groups excluding carboxylic acids is 3. The van der Waals surface area contributed by atoms with Gasteiger partial charge in [-0.05, 0) is 47.9 Å². The summed E-state index contributed by atoms with van der Waals surface area (Å²) in [5.74, 6) is 1.24. The minimum absolute atomic E-state index is 0.0644. The molecular formula is C22H17ClN2O4. The zero-order valence-electron chi connectivity index (χ0n) is 15.6. The second kappa shape index (κ2) is 8.63. The lowest BCUT2D eigenvalue weighted by atomic mass is 10.1. The van der Waals surface area contributed by atoms with E-state index in [9.17, 15) is 14.4 Å². The van der Waals surface area contributed by atoms with E-state index < -0.39 is 17.8 Å². The predicted molar refractivity (Wildman–Crippen MR) is 111 cm³/mol. The lowest BCUT2D eigenvalue weighted by Gasteiger charge is -2.26. The van der Waals surface area contributed by atoms with Gasteiger partial charge >= 0.3 is 6.03 Å². The van der Waals surface area contributed by atoms with Gasteiger partial charge in [0.2, 0.25) is 0 Å². The Hall–Kier alpha value is -3.56. The molecule has 0 radical (unpaired) electrons. The molecule has 1 aliphatic heterocycles. The van der Waals surface area contributed by atoms with E-state index in [-0.39, 0.29) is 17.2 Å². The number of aryl methyl sites for hydroxylation is 1. The normalized spacial score (nSPS) is 15.3. The van der Waals surface area contributed by atoms with Crippen LogP contribution in [0, 0.1) is 12.3 Å². The highest BCUT2D eigenvalue weighted by Gasteiger charge is 2.36. The van der Waals surface area contributed by atoms with E-state index in [2.05, 4.69) is 11.2 Å². The third-order valence-corrected chi connectivity index (χ3v) is 4.58. The molecule has 0 spiro atoms. The van der Waals surface area contributed by atoms with Crippen LogP contribution in [0.15, 0.2) is 48.0 Å². The van der Waals surface area contributed by atoms with E-state index in [1.54, 1.807) is 24.3 Å². The van der Waals surface area contributed by atoms with Crippen LogP contribution in [0.4, 0.5) is 10.5 Å². The first-order chi connectivity index (χ1) is 13.9. The second-order valence-corrected chi connectivity index (χ2v) is 6.57. The Kier molecular flexibility index (Phi) is 6.01. The number of benzene rings is 2. The maximum absolute atomic E-state index is 12.9. The highest BCUT2D eigenvalue weighted by atomic mass is 35.5. The molecule has 4 amide bonds. The Balaban J connectivity index is 1.92. The molecule has 0 atom stereocenters. The van der Waals surface area contributed by atoms with E-state index in [0.717, 1.165) is 16.9 Å². The summed E-state index contributed by atoms with van der Waals surface area (Å²) in [4.78, 5) is 38.3. The van der Waals surface area contributed by atoms with Gasteiger partial charge in [0.05, 0.1) is 10.7 Å². The first-order valence-electron chi connectivity index (χ1n) is 8.80. The number of rotatable bonds is 5. The summed E-state index contributed by atoms with van der Waals surface area (Å²) in [5, 5.41) is 2.47. The summed E-state index contributed by atoms with van der Waals surface area (Å²) in [7, 11) is 0. The van der Waals surface area contributed by atoms with Crippen LogP contribution in [0.25, 0.3) is 6.08 Å². The van der Waals surface area contributed by atoms with Crippen LogP contribution < -0.4 is 15.0 Å². The molecule has 0 unspecified atom stereocenters. The predicted octanol–water partition coefficient (Wildman–Crippen LogP) is 3.58. The molecule has 0 saturated carbocycles. The van der Waals surface area contributed by atoms with Gasteiger partial charge in [0, 0.05) is 0 Å². The summed E-state index contributed by atoms with van der Waals surface area (Å²) in [6.07, 6.45) is 7.35. The van der Waals surface area contributed by atoms with Gasteiger partial charge in [0.1, 0.15) is 17.9 Å². The number of terminal acetylenes is 1. The molecule has 1 heterocycles. The Labute approximate surface area is 173 Å². The topological polar surface area (TPSA) is 75.7 Å². The number of carbonyl (C=O) groups is 3. The summed E-state index contributed by atoms with van der Waals surface area (Å²) in [5.41, 5.74) is 1.75. The average molecular weight is 409 g/mol. The number of anilines is 1. The molecule has 1 aliphatic rings. The minimum Gasteiger partial charge on any atom is -0.479 e.